The fourth-order valence-electron chi connectivity index (χ4n) is 3.26. The van der Waals surface area contributed by atoms with E-state index in [1.807, 2.05) is 13.8 Å². The molecule has 2 rings (SSSR count). The van der Waals surface area contributed by atoms with Gasteiger partial charge in [-0.2, -0.15) is 0 Å². The number of aliphatic carboxylic acids is 1. The molecule has 0 spiro atoms. The molecule has 0 bridgehead atoms. The zero-order valence-electron chi connectivity index (χ0n) is 12.5. The van der Waals surface area contributed by atoms with Crippen molar-refractivity contribution in [3.8, 4) is 0 Å². The summed E-state index contributed by atoms with van der Waals surface area (Å²) in [7, 11) is 0. The van der Waals surface area contributed by atoms with E-state index in [2.05, 4.69) is 29.6 Å². The minimum absolute atomic E-state index is 0.441. The maximum Gasteiger partial charge on any atom is 0.323 e. The fourth-order valence-corrected chi connectivity index (χ4v) is 3.26. The summed E-state index contributed by atoms with van der Waals surface area (Å²) in [5, 5.41) is 12.8. The van der Waals surface area contributed by atoms with Gasteiger partial charge in [-0.05, 0) is 49.1 Å². The summed E-state index contributed by atoms with van der Waals surface area (Å²) in [5.74, 6) is -0.289. The van der Waals surface area contributed by atoms with Gasteiger partial charge >= 0.3 is 5.97 Å². The highest BCUT2D eigenvalue weighted by molar-refractivity contribution is 5.78. The van der Waals surface area contributed by atoms with Crippen molar-refractivity contribution in [1.82, 2.24) is 5.32 Å². The predicted octanol–water partition coefficient (Wildman–Crippen LogP) is 3.34. The first kappa shape index (κ1) is 15.0. The Hall–Kier alpha value is -1.35. The molecular weight excluding hydrogens is 250 g/mol. The molecule has 2 N–H and O–H groups in total. The van der Waals surface area contributed by atoms with Crippen molar-refractivity contribution in [2.75, 3.05) is 6.54 Å². The van der Waals surface area contributed by atoms with Gasteiger partial charge < -0.3 is 10.4 Å². The average molecular weight is 275 g/mol. The molecule has 20 heavy (non-hydrogen) atoms. The second-order valence-electron chi connectivity index (χ2n) is 5.76. The number of fused-ring (bicyclic) bond motifs is 1. The SMILES string of the molecule is CCC(CC)(NCC1CCCc2ccccc21)C(=O)O. The minimum Gasteiger partial charge on any atom is -0.480 e. The molecule has 1 aliphatic carbocycles. The van der Waals surface area contributed by atoms with Crippen LogP contribution in [0.15, 0.2) is 24.3 Å². The summed E-state index contributed by atoms with van der Waals surface area (Å²) >= 11 is 0. The lowest BCUT2D eigenvalue weighted by molar-refractivity contribution is -0.145. The van der Waals surface area contributed by atoms with Gasteiger partial charge in [0.25, 0.3) is 0 Å². The van der Waals surface area contributed by atoms with Gasteiger partial charge in [-0.15, -0.1) is 0 Å². The van der Waals surface area contributed by atoms with Gasteiger partial charge in [-0.3, -0.25) is 4.79 Å². The Balaban J connectivity index is 2.10. The Labute approximate surface area is 121 Å². The molecule has 110 valence electrons. The topological polar surface area (TPSA) is 49.3 Å². The average Bonchev–Trinajstić information content (AvgIpc) is 2.48. The lowest BCUT2D eigenvalue weighted by Gasteiger charge is -2.32. The second kappa shape index (κ2) is 6.40. The Morgan fingerprint density at radius 3 is 2.70 bits per heavy atom. The molecule has 3 nitrogen and oxygen atoms in total. The summed E-state index contributed by atoms with van der Waals surface area (Å²) in [6, 6.07) is 8.57. The molecule has 1 aliphatic rings. The van der Waals surface area contributed by atoms with Gasteiger partial charge in [0, 0.05) is 6.54 Å². The van der Waals surface area contributed by atoms with Crippen LogP contribution in [0.3, 0.4) is 0 Å². The van der Waals surface area contributed by atoms with Crippen molar-refractivity contribution in [2.24, 2.45) is 0 Å². The van der Waals surface area contributed by atoms with Crippen LogP contribution >= 0.6 is 0 Å². The summed E-state index contributed by atoms with van der Waals surface area (Å²) in [6.07, 6.45) is 4.73. The van der Waals surface area contributed by atoms with E-state index in [9.17, 15) is 9.90 Å². The van der Waals surface area contributed by atoms with Gasteiger partial charge in [0.2, 0.25) is 0 Å². The van der Waals surface area contributed by atoms with Crippen LogP contribution in [0.4, 0.5) is 0 Å². The Morgan fingerprint density at radius 1 is 1.35 bits per heavy atom. The van der Waals surface area contributed by atoms with Crippen LogP contribution < -0.4 is 5.32 Å². The molecule has 0 amide bonds. The first-order valence-electron chi connectivity index (χ1n) is 7.69. The van der Waals surface area contributed by atoms with Gasteiger partial charge in [-0.1, -0.05) is 38.1 Å². The van der Waals surface area contributed by atoms with Gasteiger partial charge in [0.05, 0.1) is 0 Å². The predicted molar refractivity (Wildman–Crippen MR) is 81.1 cm³/mol. The third-order valence-electron chi connectivity index (χ3n) is 4.80. The summed E-state index contributed by atoms with van der Waals surface area (Å²) < 4.78 is 0. The molecule has 0 aromatic heterocycles. The third-order valence-corrected chi connectivity index (χ3v) is 4.80. The monoisotopic (exact) mass is 275 g/mol. The van der Waals surface area contributed by atoms with Crippen molar-refractivity contribution in [2.45, 2.75) is 57.4 Å². The van der Waals surface area contributed by atoms with E-state index < -0.39 is 11.5 Å². The Kier molecular flexibility index (Phi) is 4.81. The molecule has 1 atom stereocenters. The largest absolute Gasteiger partial charge is 0.480 e. The number of carbonyl (C=O) groups is 1. The maximum absolute atomic E-state index is 11.5. The Morgan fingerprint density at radius 2 is 2.05 bits per heavy atom. The van der Waals surface area contributed by atoms with E-state index in [4.69, 9.17) is 0 Å². The highest BCUT2D eigenvalue weighted by Crippen LogP contribution is 2.31. The van der Waals surface area contributed by atoms with E-state index in [1.165, 1.54) is 17.5 Å². The minimum atomic E-state index is -0.771. The fraction of sp³-hybridized carbons (Fsp3) is 0.588. The van der Waals surface area contributed by atoms with Crippen LogP contribution in [0.5, 0.6) is 0 Å². The number of hydrogen-bond acceptors (Lipinski definition) is 2. The number of nitrogens with one attached hydrogen (secondary N) is 1. The lowest BCUT2D eigenvalue weighted by Crippen LogP contribution is -2.52. The Bertz CT molecular complexity index is 466. The summed E-state index contributed by atoms with van der Waals surface area (Å²) in [4.78, 5) is 11.5. The van der Waals surface area contributed by atoms with Crippen molar-refractivity contribution in [3.05, 3.63) is 35.4 Å². The van der Waals surface area contributed by atoms with Crippen LogP contribution in [-0.4, -0.2) is 23.2 Å². The first-order chi connectivity index (χ1) is 9.63. The number of hydrogen-bond donors (Lipinski definition) is 2. The molecular formula is C17H25NO2. The van der Waals surface area contributed by atoms with Gasteiger partial charge in [0.15, 0.2) is 0 Å². The summed E-state index contributed by atoms with van der Waals surface area (Å²) in [6.45, 7) is 4.64. The first-order valence-corrected chi connectivity index (χ1v) is 7.69. The molecule has 3 heteroatoms. The molecule has 1 unspecified atom stereocenters. The van der Waals surface area contributed by atoms with Crippen molar-refractivity contribution < 1.29 is 9.90 Å². The van der Waals surface area contributed by atoms with E-state index in [0.717, 1.165) is 19.4 Å². The second-order valence-corrected chi connectivity index (χ2v) is 5.76. The summed E-state index contributed by atoms with van der Waals surface area (Å²) in [5.41, 5.74) is 2.06. The molecule has 0 aliphatic heterocycles. The molecule has 0 saturated heterocycles. The molecule has 0 radical (unpaired) electrons. The quantitative estimate of drug-likeness (QED) is 0.837. The molecule has 0 saturated carbocycles. The number of rotatable bonds is 6. The highest BCUT2D eigenvalue weighted by Gasteiger charge is 2.35. The van der Waals surface area contributed by atoms with Crippen LogP contribution in [0.25, 0.3) is 0 Å². The zero-order chi connectivity index (χ0) is 14.6. The van der Waals surface area contributed by atoms with Gasteiger partial charge in [-0.25, -0.2) is 0 Å². The molecule has 1 aromatic carbocycles. The highest BCUT2D eigenvalue weighted by atomic mass is 16.4. The van der Waals surface area contributed by atoms with Crippen molar-refractivity contribution >= 4 is 5.97 Å². The number of benzene rings is 1. The molecule has 0 fully saturated rings. The van der Waals surface area contributed by atoms with Crippen molar-refractivity contribution in [1.29, 1.82) is 0 Å². The van der Waals surface area contributed by atoms with Crippen LogP contribution in [0, 0.1) is 0 Å². The van der Waals surface area contributed by atoms with Gasteiger partial charge in [0.1, 0.15) is 5.54 Å². The molecule has 0 heterocycles. The molecule has 1 aromatic rings. The number of aryl methyl sites for hydroxylation is 1. The normalized spacial score (nSPS) is 18.6. The van der Waals surface area contributed by atoms with Crippen LogP contribution in [0.2, 0.25) is 0 Å². The zero-order valence-corrected chi connectivity index (χ0v) is 12.5. The standard InChI is InChI=1S/C17H25NO2/c1-3-17(4-2,16(19)20)18-12-14-10-7-9-13-8-5-6-11-15(13)14/h5-6,8,11,14,18H,3-4,7,9-10,12H2,1-2H3,(H,19,20). The lowest BCUT2D eigenvalue weighted by atomic mass is 9.82. The van der Waals surface area contributed by atoms with E-state index in [-0.39, 0.29) is 0 Å². The smallest absolute Gasteiger partial charge is 0.323 e. The maximum atomic E-state index is 11.5. The van der Waals surface area contributed by atoms with E-state index >= 15 is 0 Å². The van der Waals surface area contributed by atoms with Crippen molar-refractivity contribution in [3.63, 3.8) is 0 Å². The van der Waals surface area contributed by atoms with E-state index in [0.29, 0.717) is 18.8 Å². The van der Waals surface area contributed by atoms with E-state index in [1.54, 1.807) is 0 Å². The number of carboxylic acids is 1. The van der Waals surface area contributed by atoms with Crippen LogP contribution in [0.1, 0.15) is 56.6 Å². The number of carboxylic acid groups (broad SMARTS) is 1. The van der Waals surface area contributed by atoms with Crippen LogP contribution in [-0.2, 0) is 11.2 Å². The third kappa shape index (κ3) is 2.88.